The molecule has 1 aliphatic rings. The Morgan fingerprint density at radius 2 is 1.80 bits per heavy atom. The molecular formula is C33H46N6O6S. The van der Waals surface area contributed by atoms with E-state index in [0.29, 0.717) is 61.4 Å². The lowest BCUT2D eigenvalue weighted by atomic mass is 9.89. The van der Waals surface area contributed by atoms with Crippen LogP contribution in [-0.2, 0) is 24.0 Å². The van der Waals surface area contributed by atoms with Crippen LogP contribution in [0.15, 0.2) is 29.3 Å². The summed E-state index contributed by atoms with van der Waals surface area (Å²) in [6.07, 6.45) is 2.93. The summed E-state index contributed by atoms with van der Waals surface area (Å²) in [5, 5.41) is 8.38. The maximum absolute atomic E-state index is 13.9. The van der Waals surface area contributed by atoms with Gasteiger partial charge in [-0.2, -0.15) is 0 Å². The molecule has 4 atom stereocenters. The molecule has 2 heterocycles. The van der Waals surface area contributed by atoms with Crippen LogP contribution in [0.1, 0.15) is 95.3 Å². The Morgan fingerprint density at radius 1 is 1.07 bits per heavy atom. The summed E-state index contributed by atoms with van der Waals surface area (Å²) < 4.78 is 0.874. The number of hydrogen-bond acceptors (Lipinski definition) is 9. The molecule has 0 spiro atoms. The van der Waals surface area contributed by atoms with E-state index in [0.717, 1.165) is 4.70 Å². The number of carbonyl (C=O) groups is 6. The smallest absolute Gasteiger partial charge is 0.243 e. The number of rotatable bonds is 11. The normalized spacial score (nSPS) is 21.3. The van der Waals surface area contributed by atoms with E-state index < -0.39 is 41.8 Å². The third-order valence-electron chi connectivity index (χ3n) is 7.92. The van der Waals surface area contributed by atoms with Gasteiger partial charge in [-0.05, 0) is 50.7 Å². The Bertz CT molecular complexity index is 1420. The Balaban J connectivity index is 1.84. The maximum atomic E-state index is 13.9. The number of aromatic nitrogens is 1. The second kappa shape index (κ2) is 17.6. The second-order valence-corrected chi connectivity index (χ2v) is 13.3. The van der Waals surface area contributed by atoms with Gasteiger partial charge in [0.1, 0.15) is 17.9 Å². The first-order chi connectivity index (χ1) is 21.8. The molecule has 0 aliphatic carbocycles. The van der Waals surface area contributed by atoms with Crippen LogP contribution in [0.25, 0.3) is 10.2 Å². The largest absolute Gasteiger partial charge is 0.388 e. The van der Waals surface area contributed by atoms with E-state index in [9.17, 15) is 28.8 Å². The lowest BCUT2D eigenvalue weighted by Crippen LogP contribution is -2.57. The highest BCUT2D eigenvalue weighted by molar-refractivity contribution is 7.20. The molecule has 0 unspecified atom stereocenters. The zero-order valence-corrected chi connectivity index (χ0v) is 27.9. The topological polar surface area (TPSA) is 190 Å². The number of benzene rings is 1. The monoisotopic (exact) mass is 654 g/mol. The Labute approximate surface area is 273 Å². The molecule has 5 N–H and O–H groups in total. The van der Waals surface area contributed by atoms with E-state index in [4.69, 9.17) is 5.73 Å². The van der Waals surface area contributed by atoms with Gasteiger partial charge in [0, 0.05) is 38.6 Å². The van der Waals surface area contributed by atoms with Crippen molar-refractivity contribution in [3.8, 4) is 0 Å². The van der Waals surface area contributed by atoms with Crippen LogP contribution in [-0.4, -0.2) is 70.6 Å². The van der Waals surface area contributed by atoms with Crippen LogP contribution in [0.2, 0.25) is 0 Å². The van der Waals surface area contributed by atoms with Crippen molar-refractivity contribution in [3.05, 3.63) is 29.3 Å². The average molecular weight is 655 g/mol. The first kappa shape index (κ1) is 36.5. The SMILES string of the molecule is CC(=O)N[C@H]1CC(=O)CCCCC[C@@H](C(=O)C[C@@H](CCCN=C(C)N)C(=O)c2nc3ccccc3s2)NC(=O)[C@H](C(C)C)NC1=O. The number of Topliss-reactive ketones (excluding diaryl/α,β-unsaturated/α-hetero) is 3. The first-order valence-electron chi connectivity index (χ1n) is 15.9. The number of hydrogen-bond donors (Lipinski definition) is 4. The zero-order chi connectivity index (χ0) is 33.8. The van der Waals surface area contributed by atoms with Crippen molar-refractivity contribution in [1.29, 1.82) is 0 Å². The van der Waals surface area contributed by atoms with Gasteiger partial charge >= 0.3 is 0 Å². The number of fused-ring (bicyclic) bond motifs is 1. The predicted octanol–water partition coefficient (Wildman–Crippen LogP) is 3.27. The average Bonchev–Trinajstić information content (AvgIpc) is 3.43. The van der Waals surface area contributed by atoms with E-state index >= 15 is 0 Å². The molecule has 1 aliphatic heterocycles. The molecule has 1 fully saturated rings. The van der Waals surface area contributed by atoms with Gasteiger partial charge in [-0.3, -0.25) is 33.8 Å². The highest BCUT2D eigenvalue weighted by Crippen LogP contribution is 2.27. The number of carbonyl (C=O) groups excluding carboxylic acids is 6. The molecule has 12 nitrogen and oxygen atoms in total. The molecular weight excluding hydrogens is 608 g/mol. The Morgan fingerprint density at radius 3 is 2.48 bits per heavy atom. The minimum atomic E-state index is -1.11. The summed E-state index contributed by atoms with van der Waals surface area (Å²) in [6.45, 7) is 6.86. The molecule has 46 heavy (non-hydrogen) atoms. The molecule has 1 aromatic heterocycles. The summed E-state index contributed by atoms with van der Waals surface area (Å²) in [6, 6.07) is 4.43. The fourth-order valence-corrected chi connectivity index (χ4v) is 6.44. The van der Waals surface area contributed by atoms with Gasteiger partial charge in [-0.1, -0.05) is 38.8 Å². The Kier molecular flexibility index (Phi) is 14.0. The lowest BCUT2D eigenvalue weighted by Gasteiger charge is -2.28. The van der Waals surface area contributed by atoms with E-state index in [-0.39, 0.29) is 42.5 Å². The third kappa shape index (κ3) is 11.1. The van der Waals surface area contributed by atoms with Crippen molar-refractivity contribution in [1.82, 2.24) is 20.9 Å². The molecule has 13 heteroatoms. The molecule has 0 saturated carbocycles. The number of nitrogens with one attached hydrogen (secondary N) is 3. The van der Waals surface area contributed by atoms with Gasteiger partial charge in [0.05, 0.1) is 22.1 Å². The zero-order valence-electron chi connectivity index (χ0n) is 27.1. The maximum Gasteiger partial charge on any atom is 0.243 e. The summed E-state index contributed by atoms with van der Waals surface area (Å²) >= 11 is 1.28. The molecule has 250 valence electrons. The molecule has 1 saturated heterocycles. The molecule has 3 amide bonds. The standard InChI is InChI=1S/C33H46N6O6S/c1-19(2)29-32(45)37-24(13-7-5-6-12-23(41)18-26(31(44)39-29)36-21(4)40)27(42)17-22(11-10-16-35-20(3)34)30(43)33-38-25-14-8-9-15-28(25)46-33/h8-9,14-15,19,22,24,26,29H,5-7,10-13,16-18H2,1-4H3,(H2,34,35)(H,36,40)(H,37,45)(H,39,44)/t22-,24+,26+,29+/m1/s1. The number of nitrogens with two attached hydrogens (primary N) is 1. The molecule has 0 radical (unpaired) electrons. The summed E-state index contributed by atoms with van der Waals surface area (Å²) in [4.78, 5) is 87.5. The summed E-state index contributed by atoms with van der Waals surface area (Å²) in [5.41, 5.74) is 6.39. The van der Waals surface area contributed by atoms with E-state index in [2.05, 4.69) is 25.9 Å². The Hall–Kier alpha value is -4.00. The van der Waals surface area contributed by atoms with Crippen LogP contribution >= 0.6 is 11.3 Å². The number of aliphatic imine (C=N–C) groups is 1. The fraction of sp³-hybridized carbons (Fsp3) is 0.576. The molecule has 2 aromatic rings. The van der Waals surface area contributed by atoms with Crippen molar-refractivity contribution in [3.63, 3.8) is 0 Å². The van der Waals surface area contributed by atoms with Gasteiger partial charge in [0.15, 0.2) is 16.6 Å². The van der Waals surface area contributed by atoms with Gasteiger partial charge in [0.2, 0.25) is 17.7 Å². The van der Waals surface area contributed by atoms with Crippen LogP contribution in [0, 0.1) is 11.8 Å². The highest BCUT2D eigenvalue weighted by Gasteiger charge is 2.34. The van der Waals surface area contributed by atoms with E-state index in [1.54, 1.807) is 20.8 Å². The fourth-order valence-electron chi connectivity index (χ4n) is 5.45. The van der Waals surface area contributed by atoms with Gasteiger partial charge in [-0.25, -0.2) is 4.98 Å². The van der Waals surface area contributed by atoms with E-state index in [1.807, 2.05) is 24.3 Å². The number of amides is 3. The van der Waals surface area contributed by atoms with Crippen LogP contribution in [0.4, 0.5) is 0 Å². The van der Waals surface area contributed by atoms with Crippen LogP contribution in [0.3, 0.4) is 0 Å². The van der Waals surface area contributed by atoms with Gasteiger partial charge in [-0.15, -0.1) is 11.3 Å². The van der Waals surface area contributed by atoms with Crippen molar-refractivity contribution >= 4 is 62.5 Å². The molecule has 1 aromatic carbocycles. The summed E-state index contributed by atoms with van der Waals surface area (Å²) in [5.74, 6) is -2.96. The van der Waals surface area contributed by atoms with Gasteiger partial charge < -0.3 is 21.7 Å². The lowest BCUT2D eigenvalue weighted by molar-refractivity contribution is -0.135. The van der Waals surface area contributed by atoms with Crippen LogP contribution < -0.4 is 21.7 Å². The number of para-hydroxylation sites is 1. The highest BCUT2D eigenvalue weighted by atomic mass is 32.1. The number of amidine groups is 1. The van der Waals surface area contributed by atoms with Crippen molar-refractivity contribution in [2.24, 2.45) is 22.6 Å². The van der Waals surface area contributed by atoms with Crippen molar-refractivity contribution < 1.29 is 28.8 Å². The summed E-state index contributed by atoms with van der Waals surface area (Å²) in [7, 11) is 0. The molecule has 3 rings (SSSR count). The second-order valence-electron chi connectivity index (χ2n) is 12.3. The molecule has 0 bridgehead atoms. The van der Waals surface area contributed by atoms with Gasteiger partial charge in [0.25, 0.3) is 0 Å². The van der Waals surface area contributed by atoms with Crippen molar-refractivity contribution in [2.45, 2.75) is 104 Å². The predicted molar refractivity (Wildman–Crippen MR) is 177 cm³/mol. The van der Waals surface area contributed by atoms with Crippen molar-refractivity contribution in [2.75, 3.05) is 6.54 Å². The minimum Gasteiger partial charge on any atom is -0.388 e. The number of ketones is 3. The first-order valence-corrected chi connectivity index (χ1v) is 16.8. The van der Waals surface area contributed by atoms with Crippen LogP contribution in [0.5, 0.6) is 0 Å². The number of thiazole rings is 1. The minimum absolute atomic E-state index is 0.104. The van der Waals surface area contributed by atoms with E-state index in [1.165, 1.54) is 18.3 Å². The number of nitrogens with zero attached hydrogens (tertiary/aromatic N) is 2. The third-order valence-corrected chi connectivity index (χ3v) is 8.97. The quantitative estimate of drug-likeness (QED) is 0.123.